The Morgan fingerprint density at radius 1 is 1.02 bits per heavy atom. The highest BCUT2D eigenvalue weighted by molar-refractivity contribution is 6.30. The van der Waals surface area contributed by atoms with Crippen LogP contribution in [-0.4, -0.2) is 33.8 Å². The molecule has 12 heteroatoms. The van der Waals surface area contributed by atoms with Gasteiger partial charge in [-0.25, -0.2) is 14.8 Å². The third-order valence-corrected chi connectivity index (χ3v) is 6.05. The van der Waals surface area contributed by atoms with Gasteiger partial charge in [0.1, 0.15) is 5.75 Å². The van der Waals surface area contributed by atoms with Gasteiger partial charge in [0.05, 0.1) is 5.69 Å². The molecule has 5 aromatic rings. The minimum absolute atomic E-state index is 0.302. The van der Waals surface area contributed by atoms with Crippen molar-refractivity contribution in [2.24, 2.45) is 0 Å². The van der Waals surface area contributed by atoms with Gasteiger partial charge >= 0.3 is 12.4 Å². The smallest absolute Gasteiger partial charge is 0.406 e. The fraction of sp³-hybridized carbons (Fsp3) is 0.107. The van der Waals surface area contributed by atoms with Crippen molar-refractivity contribution in [1.29, 1.82) is 0 Å². The molecule has 0 spiro atoms. The fourth-order valence-electron chi connectivity index (χ4n) is 4.05. The van der Waals surface area contributed by atoms with Crippen molar-refractivity contribution in [2.75, 3.05) is 22.6 Å². The van der Waals surface area contributed by atoms with E-state index in [-0.39, 0.29) is 5.75 Å². The molecule has 0 atom stereocenters. The average Bonchev–Trinajstić information content (AvgIpc) is 3.38. The average molecular weight is 567 g/mol. The zero-order valence-electron chi connectivity index (χ0n) is 21.0. The predicted molar refractivity (Wildman–Crippen MR) is 148 cm³/mol. The molecule has 2 amide bonds. The van der Waals surface area contributed by atoms with E-state index in [0.717, 1.165) is 23.3 Å². The maximum atomic E-state index is 12.4. The maximum Gasteiger partial charge on any atom is 0.573 e. The standard InChI is InChI=1S/C28H22ClF3N6O2/c1-37(16-18-3-2-4-20(29)15-18)26-25-33-13-14-38(25)17-24(36-26)19-5-7-21(8-6-19)34-27(39)35-22-9-11-23(12-10-22)40-28(30,31)32/h2-15,17H,16H2,1H3,(H2,34,35,39). The van der Waals surface area contributed by atoms with E-state index in [9.17, 15) is 18.0 Å². The monoisotopic (exact) mass is 566 g/mol. The second kappa shape index (κ2) is 11.1. The van der Waals surface area contributed by atoms with Gasteiger partial charge in [0, 0.05) is 54.1 Å². The highest BCUT2D eigenvalue weighted by Gasteiger charge is 2.31. The quantitative estimate of drug-likeness (QED) is 0.217. The van der Waals surface area contributed by atoms with E-state index in [1.54, 1.807) is 18.3 Å². The molecule has 0 aliphatic heterocycles. The zero-order chi connectivity index (χ0) is 28.3. The lowest BCUT2D eigenvalue weighted by atomic mass is 10.1. The summed E-state index contributed by atoms with van der Waals surface area (Å²) in [4.78, 5) is 23.7. The molecule has 2 N–H and O–H groups in total. The van der Waals surface area contributed by atoms with Crippen molar-refractivity contribution in [2.45, 2.75) is 12.9 Å². The highest BCUT2D eigenvalue weighted by atomic mass is 35.5. The number of rotatable bonds is 7. The first kappa shape index (κ1) is 26.8. The minimum atomic E-state index is -4.78. The lowest BCUT2D eigenvalue weighted by molar-refractivity contribution is -0.274. The van der Waals surface area contributed by atoms with Crippen LogP contribution in [0.25, 0.3) is 16.9 Å². The van der Waals surface area contributed by atoms with Gasteiger partial charge in [0.15, 0.2) is 11.5 Å². The van der Waals surface area contributed by atoms with Gasteiger partial charge in [0.2, 0.25) is 0 Å². The van der Waals surface area contributed by atoms with Gasteiger partial charge in [-0.2, -0.15) is 0 Å². The second-order valence-corrected chi connectivity index (χ2v) is 9.26. The summed E-state index contributed by atoms with van der Waals surface area (Å²) in [6, 6.07) is 19.0. The normalized spacial score (nSPS) is 11.3. The van der Waals surface area contributed by atoms with E-state index < -0.39 is 12.4 Å². The number of alkyl halides is 3. The number of carbonyl (C=O) groups is 1. The number of amides is 2. The minimum Gasteiger partial charge on any atom is -0.406 e. The summed E-state index contributed by atoms with van der Waals surface area (Å²) >= 11 is 6.15. The van der Waals surface area contributed by atoms with Crippen LogP contribution in [0, 0.1) is 0 Å². The molecule has 0 bridgehead atoms. The number of aromatic nitrogens is 3. The number of fused-ring (bicyclic) bond motifs is 1. The van der Waals surface area contributed by atoms with Crippen molar-refractivity contribution in [3.8, 4) is 17.0 Å². The molecule has 3 aromatic carbocycles. The number of ether oxygens (including phenoxy) is 1. The number of halogens is 4. The fourth-order valence-corrected chi connectivity index (χ4v) is 4.26. The van der Waals surface area contributed by atoms with Crippen LogP contribution in [0.4, 0.5) is 35.2 Å². The Morgan fingerprint density at radius 2 is 1.70 bits per heavy atom. The summed E-state index contributed by atoms with van der Waals surface area (Å²) in [6.07, 6.45) is 0.645. The van der Waals surface area contributed by atoms with Crippen molar-refractivity contribution in [1.82, 2.24) is 14.4 Å². The number of urea groups is 1. The van der Waals surface area contributed by atoms with Crippen LogP contribution in [0.2, 0.25) is 5.02 Å². The summed E-state index contributed by atoms with van der Waals surface area (Å²) in [7, 11) is 1.93. The zero-order valence-corrected chi connectivity index (χ0v) is 21.7. The van der Waals surface area contributed by atoms with Crippen molar-refractivity contribution in [3.05, 3.63) is 102 Å². The molecule has 2 heterocycles. The Hall–Kier alpha value is -4.77. The van der Waals surface area contributed by atoms with Gasteiger partial charge in [-0.15, -0.1) is 13.2 Å². The van der Waals surface area contributed by atoms with E-state index in [1.165, 1.54) is 12.1 Å². The van der Waals surface area contributed by atoms with E-state index in [0.29, 0.717) is 40.1 Å². The van der Waals surface area contributed by atoms with E-state index in [1.807, 2.05) is 65.1 Å². The first-order chi connectivity index (χ1) is 19.1. The van der Waals surface area contributed by atoms with Gasteiger partial charge in [-0.3, -0.25) is 0 Å². The van der Waals surface area contributed by atoms with Crippen LogP contribution < -0.4 is 20.3 Å². The Bertz CT molecular complexity index is 1640. The molecule has 0 saturated heterocycles. The lowest BCUT2D eigenvalue weighted by Crippen LogP contribution is -2.20. The largest absolute Gasteiger partial charge is 0.573 e. The summed E-state index contributed by atoms with van der Waals surface area (Å²) in [6.45, 7) is 0.579. The summed E-state index contributed by atoms with van der Waals surface area (Å²) in [5.41, 5.74) is 4.08. The third-order valence-electron chi connectivity index (χ3n) is 5.81. The molecular weight excluding hydrogens is 545 g/mol. The van der Waals surface area contributed by atoms with Crippen LogP contribution in [0.15, 0.2) is 91.4 Å². The number of imidazole rings is 1. The van der Waals surface area contributed by atoms with E-state index >= 15 is 0 Å². The first-order valence-electron chi connectivity index (χ1n) is 12.0. The second-order valence-electron chi connectivity index (χ2n) is 8.82. The molecule has 0 aliphatic rings. The lowest BCUT2D eigenvalue weighted by Gasteiger charge is -2.20. The summed E-state index contributed by atoms with van der Waals surface area (Å²) in [5.74, 6) is 0.311. The SMILES string of the molecule is CN(Cc1cccc(Cl)c1)c1nc(-c2ccc(NC(=O)Nc3ccc(OC(F)(F)F)cc3)cc2)cn2ccnc12. The van der Waals surface area contributed by atoms with Crippen LogP contribution in [0.5, 0.6) is 5.75 Å². The molecule has 2 aromatic heterocycles. The number of nitrogens with zero attached hydrogens (tertiary/aromatic N) is 4. The first-order valence-corrected chi connectivity index (χ1v) is 12.3. The number of anilines is 3. The Kier molecular flexibility index (Phi) is 7.47. The highest BCUT2D eigenvalue weighted by Crippen LogP contribution is 2.27. The molecule has 8 nitrogen and oxygen atoms in total. The Morgan fingerprint density at radius 3 is 2.35 bits per heavy atom. The molecule has 0 radical (unpaired) electrons. The molecule has 5 rings (SSSR count). The van der Waals surface area contributed by atoms with Crippen LogP contribution in [-0.2, 0) is 6.54 Å². The molecule has 0 fully saturated rings. The number of carbonyl (C=O) groups excluding carboxylic acids is 1. The van der Waals surface area contributed by atoms with Gasteiger partial charge in [-0.1, -0.05) is 35.9 Å². The molecule has 0 unspecified atom stereocenters. The maximum absolute atomic E-state index is 12.4. The van der Waals surface area contributed by atoms with Gasteiger partial charge in [-0.05, 0) is 54.1 Å². The number of hydrogen-bond donors (Lipinski definition) is 2. The molecular formula is C28H22ClF3N6O2. The van der Waals surface area contributed by atoms with Crippen molar-refractivity contribution >= 4 is 40.5 Å². The number of nitrogens with one attached hydrogen (secondary N) is 2. The van der Waals surface area contributed by atoms with E-state index in [4.69, 9.17) is 16.6 Å². The molecule has 0 saturated carbocycles. The Balaban J connectivity index is 1.28. The topological polar surface area (TPSA) is 83.8 Å². The number of hydrogen-bond acceptors (Lipinski definition) is 5. The van der Waals surface area contributed by atoms with Crippen LogP contribution in [0.1, 0.15) is 5.56 Å². The Labute approximate surface area is 232 Å². The predicted octanol–water partition coefficient (Wildman–Crippen LogP) is 7.23. The van der Waals surface area contributed by atoms with Crippen molar-refractivity contribution < 1.29 is 22.7 Å². The van der Waals surface area contributed by atoms with Gasteiger partial charge in [0.25, 0.3) is 0 Å². The summed E-state index contributed by atoms with van der Waals surface area (Å²) in [5, 5.41) is 5.92. The summed E-state index contributed by atoms with van der Waals surface area (Å²) < 4.78 is 42.7. The van der Waals surface area contributed by atoms with Crippen LogP contribution in [0.3, 0.4) is 0 Å². The number of benzene rings is 3. The third kappa shape index (κ3) is 6.62. The molecule has 40 heavy (non-hydrogen) atoms. The van der Waals surface area contributed by atoms with Crippen molar-refractivity contribution in [3.63, 3.8) is 0 Å². The molecule has 204 valence electrons. The van der Waals surface area contributed by atoms with E-state index in [2.05, 4.69) is 20.4 Å². The van der Waals surface area contributed by atoms with Crippen LogP contribution >= 0.6 is 11.6 Å². The molecule has 0 aliphatic carbocycles. The van der Waals surface area contributed by atoms with Gasteiger partial charge < -0.3 is 24.7 Å².